The predicted molar refractivity (Wildman–Crippen MR) is 274 cm³/mol. The molecule has 0 radical (unpaired) electrons. The van der Waals surface area contributed by atoms with Crippen molar-refractivity contribution in [1.29, 1.82) is 0 Å². The number of rotatable bonds is 5. The van der Waals surface area contributed by atoms with Crippen LogP contribution in [0.5, 0.6) is 0 Å². The lowest BCUT2D eigenvalue weighted by Crippen LogP contribution is -2.14. The van der Waals surface area contributed by atoms with Crippen molar-refractivity contribution in [2.45, 2.75) is 59.8 Å². The summed E-state index contributed by atoms with van der Waals surface area (Å²) in [5, 5.41) is 6.26. The molecule has 8 aromatic carbocycles. The Balaban J connectivity index is 0.00000111. The zero-order chi connectivity index (χ0) is 43.7. The molecule has 3 nitrogen and oxygen atoms in total. The van der Waals surface area contributed by atoms with E-state index in [0.717, 1.165) is 41.2 Å². The lowest BCUT2D eigenvalue weighted by Gasteiger charge is -2.27. The summed E-state index contributed by atoms with van der Waals surface area (Å²) in [5.41, 5.74) is 19.6. The summed E-state index contributed by atoms with van der Waals surface area (Å²) in [6.45, 7) is 12.7. The number of hydrogen-bond donors (Lipinski definition) is 0. The highest BCUT2D eigenvalue weighted by atomic mass is 16.3. The lowest BCUT2D eigenvalue weighted by molar-refractivity contribution is 0.546. The van der Waals surface area contributed by atoms with Crippen molar-refractivity contribution in [2.75, 3.05) is 4.90 Å². The van der Waals surface area contributed by atoms with Gasteiger partial charge in [0, 0.05) is 55.7 Å². The fourth-order valence-electron chi connectivity index (χ4n) is 10.7. The van der Waals surface area contributed by atoms with E-state index in [0.29, 0.717) is 0 Å². The lowest BCUT2D eigenvalue weighted by atomic mass is 9.82. The second-order valence-electron chi connectivity index (χ2n) is 17.2. The second-order valence-corrected chi connectivity index (χ2v) is 17.2. The number of nitrogens with zero attached hydrogens (tertiary/aromatic N) is 2. The molecule has 64 heavy (non-hydrogen) atoms. The maximum absolute atomic E-state index is 6.25. The van der Waals surface area contributed by atoms with Crippen LogP contribution >= 0.6 is 0 Å². The fraction of sp³-hybridized carbons (Fsp3) is 0.148. The molecule has 2 aliphatic rings. The number of aromatic nitrogens is 1. The molecule has 0 saturated heterocycles. The minimum atomic E-state index is -0.0139. The Kier molecular flexibility index (Phi) is 9.54. The first-order chi connectivity index (χ1) is 31.5. The SMILES string of the molecule is CC.CC.CC1(C)c2ccccc2-c2cc(-c3ccc(N(c4ccc(-c5ccc6oc7c(c6c5)C=CCC7)cc4)c4ccc5c6ccccc6n6c7ccccc7c4c56)cc3)ccc21. The molecule has 0 aliphatic heterocycles. The van der Waals surface area contributed by atoms with Gasteiger partial charge in [0.05, 0.1) is 22.2 Å². The molecule has 11 aromatic rings. The van der Waals surface area contributed by atoms with Crippen LogP contribution in [0, 0.1) is 0 Å². The third-order valence-corrected chi connectivity index (χ3v) is 13.6. The van der Waals surface area contributed by atoms with Crippen molar-refractivity contribution < 1.29 is 4.42 Å². The van der Waals surface area contributed by atoms with Gasteiger partial charge in [0.2, 0.25) is 0 Å². The highest BCUT2D eigenvalue weighted by Crippen LogP contribution is 2.51. The third kappa shape index (κ3) is 5.87. The van der Waals surface area contributed by atoms with Crippen LogP contribution in [0.3, 0.4) is 0 Å². The van der Waals surface area contributed by atoms with Crippen LogP contribution < -0.4 is 4.90 Å². The Hall–Kier alpha value is -7.36. The highest BCUT2D eigenvalue weighted by molar-refractivity contribution is 6.27. The van der Waals surface area contributed by atoms with E-state index in [4.69, 9.17) is 4.42 Å². The van der Waals surface area contributed by atoms with Crippen LogP contribution in [0.15, 0.2) is 180 Å². The number of hydrogen-bond acceptors (Lipinski definition) is 2. The molecule has 13 rings (SSSR count). The van der Waals surface area contributed by atoms with E-state index in [1.807, 2.05) is 27.7 Å². The van der Waals surface area contributed by atoms with Gasteiger partial charge in [-0.25, -0.2) is 0 Å². The first-order valence-electron chi connectivity index (χ1n) is 23.1. The first-order valence-corrected chi connectivity index (χ1v) is 23.1. The second kappa shape index (κ2) is 15.5. The number of allylic oxidation sites excluding steroid dienone is 1. The summed E-state index contributed by atoms with van der Waals surface area (Å²) in [5.74, 6) is 1.10. The molecule has 0 amide bonds. The van der Waals surface area contributed by atoms with Gasteiger partial charge in [0.1, 0.15) is 11.3 Å². The average molecular weight is 829 g/mol. The van der Waals surface area contributed by atoms with Crippen molar-refractivity contribution in [3.8, 4) is 33.4 Å². The quantitative estimate of drug-likeness (QED) is 0.172. The number of aryl methyl sites for hydroxylation is 1. The van der Waals surface area contributed by atoms with Gasteiger partial charge in [0.15, 0.2) is 0 Å². The third-order valence-electron chi connectivity index (χ3n) is 13.6. The molecule has 2 aliphatic carbocycles. The standard InChI is InChI=1S/C57H40N2O.2C2H6/c1-57(2)48-15-7-3-11-41(48)46-33-37(23-30-49(46)57)35-19-25-39(26-20-35)58(40-27-21-36(22-28-40)38-24-32-54-47(34-38)43-13-6-10-18-53(43)60-54)52-31-29-44-42-12-4-8-16-50(42)59-51-17-9-5-14-45(51)55(52)56(44)59;2*1-2/h3-9,11-17,19-34H,10,18H2,1-2H3;2*1-2H3. The monoisotopic (exact) mass is 828 g/mol. The van der Waals surface area contributed by atoms with Gasteiger partial charge in [-0.2, -0.15) is 0 Å². The van der Waals surface area contributed by atoms with Crippen LogP contribution in [0.1, 0.15) is 70.4 Å². The average Bonchev–Trinajstić information content (AvgIpc) is 4.08. The number of furan rings is 1. The molecule has 0 atom stereocenters. The van der Waals surface area contributed by atoms with Crippen molar-refractivity contribution in [3.63, 3.8) is 0 Å². The van der Waals surface area contributed by atoms with Crippen LogP contribution in [-0.4, -0.2) is 4.40 Å². The molecule has 312 valence electrons. The number of anilines is 3. The summed E-state index contributed by atoms with van der Waals surface area (Å²) in [6, 6.07) is 63.2. The summed E-state index contributed by atoms with van der Waals surface area (Å²) in [6.07, 6.45) is 6.47. The van der Waals surface area contributed by atoms with Gasteiger partial charge < -0.3 is 13.7 Å². The molecule has 3 heterocycles. The zero-order valence-electron chi connectivity index (χ0n) is 37.5. The van der Waals surface area contributed by atoms with Crippen molar-refractivity contribution in [2.24, 2.45) is 0 Å². The van der Waals surface area contributed by atoms with Gasteiger partial charge in [-0.05, 0) is 112 Å². The summed E-state index contributed by atoms with van der Waals surface area (Å²) < 4.78 is 8.72. The topological polar surface area (TPSA) is 20.8 Å². The zero-order valence-corrected chi connectivity index (χ0v) is 37.5. The maximum atomic E-state index is 6.25. The van der Waals surface area contributed by atoms with E-state index < -0.39 is 0 Å². The van der Waals surface area contributed by atoms with Gasteiger partial charge in [-0.3, -0.25) is 0 Å². The summed E-state index contributed by atoms with van der Waals surface area (Å²) >= 11 is 0. The van der Waals surface area contributed by atoms with Crippen molar-refractivity contribution in [3.05, 3.63) is 198 Å². The van der Waals surface area contributed by atoms with Crippen molar-refractivity contribution >= 4 is 72.2 Å². The van der Waals surface area contributed by atoms with Crippen molar-refractivity contribution in [1.82, 2.24) is 4.40 Å². The van der Waals surface area contributed by atoms with Crippen LogP contribution in [-0.2, 0) is 11.8 Å². The molecular formula is C61H52N2O. The smallest absolute Gasteiger partial charge is 0.134 e. The van der Waals surface area contributed by atoms with E-state index >= 15 is 0 Å². The Morgan fingerprint density at radius 3 is 1.84 bits per heavy atom. The molecule has 0 spiro atoms. The molecule has 0 fully saturated rings. The molecule has 0 saturated carbocycles. The van der Waals surface area contributed by atoms with Gasteiger partial charge in [-0.15, -0.1) is 0 Å². The Morgan fingerprint density at radius 2 is 1.11 bits per heavy atom. The molecule has 3 heteroatoms. The van der Waals surface area contributed by atoms with E-state index in [1.54, 1.807) is 0 Å². The van der Waals surface area contributed by atoms with Crippen LogP contribution in [0.2, 0.25) is 0 Å². The van der Waals surface area contributed by atoms with E-state index in [1.165, 1.54) is 93.6 Å². The number of benzene rings is 8. The molecule has 0 bridgehead atoms. The number of fused-ring (bicyclic) bond motifs is 12. The maximum Gasteiger partial charge on any atom is 0.134 e. The highest BCUT2D eigenvalue weighted by Gasteiger charge is 2.35. The largest absolute Gasteiger partial charge is 0.460 e. The molecule has 0 unspecified atom stereocenters. The predicted octanol–water partition coefficient (Wildman–Crippen LogP) is 17.7. The molecule has 3 aromatic heterocycles. The minimum Gasteiger partial charge on any atom is -0.460 e. The van der Waals surface area contributed by atoms with Crippen LogP contribution in [0.25, 0.3) is 88.5 Å². The van der Waals surface area contributed by atoms with Gasteiger partial charge in [0.25, 0.3) is 0 Å². The fourth-order valence-corrected chi connectivity index (χ4v) is 10.7. The van der Waals surface area contributed by atoms with Gasteiger partial charge >= 0.3 is 0 Å². The Bertz CT molecular complexity index is 3560. The van der Waals surface area contributed by atoms with E-state index in [2.05, 4.69) is 205 Å². The minimum absolute atomic E-state index is 0.0139. The first kappa shape index (κ1) is 39.5. The Labute approximate surface area is 375 Å². The van der Waals surface area contributed by atoms with E-state index in [-0.39, 0.29) is 5.41 Å². The molecular weight excluding hydrogens is 777 g/mol. The molecule has 0 N–H and O–H groups in total. The normalized spacial score (nSPS) is 13.4. The summed E-state index contributed by atoms with van der Waals surface area (Å²) in [4.78, 5) is 2.45. The summed E-state index contributed by atoms with van der Waals surface area (Å²) in [7, 11) is 0. The van der Waals surface area contributed by atoms with Gasteiger partial charge in [-0.1, -0.05) is 163 Å². The number of para-hydroxylation sites is 2. The van der Waals surface area contributed by atoms with Crippen LogP contribution in [0.4, 0.5) is 17.1 Å². The van der Waals surface area contributed by atoms with E-state index in [9.17, 15) is 0 Å². The Morgan fingerprint density at radius 1 is 0.516 bits per heavy atom.